The van der Waals surface area contributed by atoms with Gasteiger partial charge in [0.05, 0.1) is 17.9 Å². The largest absolute Gasteiger partial charge is 0.384 e. The third-order valence-electron chi connectivity index (χ3n) is 2.96. The maximum absolute atomic E-state index is 9.19. The summed E-state index contributed by atoms with van der Waals surface area (Å²) in [5.74, 6) is 0.569. The number of rotatable bonds is 4. The van der Waals surface area contributed by atoms with E-state index in [1.165, 1.54) is 0 Å². The molecule has 2 rings (SSSR count). The first-order chi connectivity index (χ1) is 8.35. The quantitative estimate of drug-likeness (QED) is 0.832. The molecule has 4 heteroatoms. The van der Waals surface area contributed by atoms with Crippen molar-refractivity contribution in [2.45, 2.75) is 11.3 Å². The van der Waals surface area contributed by atoms with Gasteiger partial charge in [-0.3, -0.25) is 0 Å². The zero-order chi connectivity index (χ0) is 12.1. The van der Waals surface area contributed by atoms with Crippen LogP contribution in [0.2, 0.25) is 0 Å². The van der Waals surface area contributed by atoms with Gasteiger partial charge in [-0.1, -0.05) is 6.07 Å². The van der Waals surface area contributed by atoms with E-state index in [9.17, 15) is 5.26 Å². The Morgan fingerprint density at radius 1 is 1.59 bits per heavy atom. The van der Waals surface area contributed by atoms with Crippen molar-refractivity contribution < 1.29 is 4.74 Å². The van der Waals surface area contributed by atoms with E-state index in [0.29, 0.717) is 5.92 Å². The van der Waals surface area contributed by atoms with Gasteiger partial charge in [0.1, 0.15) is 6.07 Å². The summed E-state index contributed by atoms with van der Waals surface area (Å²) >= 11 is 1.61. The second kappa shape index (κ2) is 5.95. The first kappa shape index (κ1) is 12.3. The van der Waals surface area contributed by atoms with E-state index < -0.39 is 0 Å². The number of hydrogen-bond donors (Lipinski definition) is 1. The fourth-order valence-corrected chi connectivity index (χ4v) is 2.54. The predicted molar refractivity (Wildman–Crippen MR) is 70.4 cm³/mol. The zero-order valence-electron chi connectivity index (χ0n) is 9.90. The molecule has 1 aromatic carbocycles. The molecule has 0 amide bonds. The molecule has 0 spiro atoms. The number of ether oxygens (including phenoxy) is 1. The SMILES string of the molecule is CSc1cccc(NCC2CCOC2)c1C#N. The lowest BCUT2D eigenvalue weighted by Crippen LogP contribution is -2.14. The molecule has 17 heavy (non-hydrogen) atoms. The Labute approximate surface area is 106 Å². The van der Waals surface area contributed by atoms with Crippen molar-refractivity contribution >= 4 is 17.4 Å². The smallest absolute Gasteiger partial charge is 0.102 e. The van der Waals surface area contributed by atoms with E-state index in [0.717, 1.165) is 42.3 Å². The minimum atomic E-state index is 0.569. The average Bonchev–Trinajstić information content (AvgIpc) is 2.88. The highest BCUT2D eigenvalue weighted by Crippen LogP contribution is 2.26. The van der Waals surface area contributed by atoms with Crippen molar-refractivity contribution in [1.29, 1.82) is 5.26 Å². The maximum atomic E-state index is 9.19. The summed E-state index contributed by atoms with van der Waals surface area (Å²) in [5, 5.41) is 12.6. The van der Waals surface area contributed by atoms with Crippen LogP contribution in [0, 0.1) is 17.2 Å². The summed E-state index contributed by atoms with van der Waals surface area (Å²) in [6, 6.07) is 8.21. The number of nitrogens with one attached hydrogen (secondary N) is 1. The van der Waals surface area contributed by atoms with Crippen LogP contribution in [0.25, 0.3) is 0 Å². The maximum Gasteiger partial charge on any atom is 0.102 e. The lowest BCUT2D eigenvalue weighted by Gasteiger charge is -2.13. The second-order valence-corrected chi connectivity index (χ2v) is 4.95. The van der Waals surface area contributed by atoms with Crippen molar-refractivity contribution in [2.75, 3.05) is 31.3 Å². The number of hydrogen-bond acceptors (Lipinski definition) is 4. The van der Waals surface area contributed by atoms with Gasteiger partial charge < -0.3 is 10.1 Å². The van der Waals surface area contributed by atoms with Gasteiger partial charge in [0.25, 0.3) is 0 Å². The van der Waals surface area contributed by atoms with E-state index >= 15 is 0 Å². The van der Waals surface area contributed by atoms with Crippen LogP contribution in [0.15, 0.2) is 23.1 Å². The molecule has 0 bridgehead atoms. The highest BCUT2D eigenvalue weighted by Gasteiger charge is 2.16. The molecule has 1 heterocycles. The van der Waals surface area contributed by atoms with Gasteiger partial charge in [-0.05, 0) is 24.8 Å². The van der Waals surface area contributed by atoms with Crippen LogP contribution in [-0.2, 0) is 4.74 Å². The standard InChI is InChI=1S/C13H16N2OS/c1-17-13-4-2-3-12(11(13)7-14)15-8-10-5-6-16-9-10/h2-4,10,15H,5-6,8-9H2,1H3. The number of nitrogens with zero attached hydrogens (tertiary/aromatic N) is 1. The highest BCUT2D eigenvalue weighted by molar-refractivity contribution is 7.98. The van der Waals surface area contributed by atoms with Crippen molar-refractivity contribution in [3.63, 3.8) is 0 Å². The van der Waals surface area contributed by atoms with E-state index in [4.69, 9.17) is 4.74 Å². The molecule has 90 valence electrons. The molecular formula is C13H16N2OS. The molecule has 1 atom stereocenters. The molecule has 0 saturated carbocycles. The van der Waals surface area contributed by atoms with E-state index in [2.05, 4.69) is 11.4 Å². The lowest BCUT2D eigenvalue weighted by molar-refractivity contribution is 0.187. The van der Waals surface area contributed by atoms with Crippen molar-refractivity contribution in [2.24, 2.45) is 5.92 Å². The summed E-state index contributed by atoms with van der Waals surface area (Å²) in [7, 11) is 0. The Morgan fingerprint density at radius 2 is 2.47 bits per heavy atom. The summed E-state index contributed by atoms with van der Waals surface area (Å²) in [4.78, 5) is 1.03. The average molecular weight is 248 g/mol. The topological polar surface area (TPSA) is 45.0 Å². The van der Waals surface area contributed by atoms with Gasteiger partial charge in [-0.15, -0.1) is 11.8 Å². The van der Waals surface area contributed by atoms with Crippen LogP contribution in [0.5, 0.6) is 0 Å². The Hall–Kier alpha value is -1.18. The molecular weight excluding hydrogens is 232 g/mol. The molecule has 1 aliphatic rings. The third-order valence-corrected chi connectivity index (χ3v) is 3.74. The molecule has 1 aromatic rings. The number of benzene rings is 1. The molecule has 1 fully saturated rings. The van der Waals surface area contributed by atoms with Crippen LogP contribution >= 0.6 is 11.8 Å². The summed E-state index contributed by atoms with van der Waals surface area (Å²) in [5.41, 5.74) is 1.69. The normalized spacial score (nSPS) is 18.9. The van der Waals surface area contributed by atoms with Gasteiger partial charge in [0.15, 0.2) is 0 Å². The highest BCUT2D eigenvalue weighted by atomic mass is 32.2. The Bertz CT molecular complexity index is 422. The molecule has 3 nitrogen and oxygen atoms in total. The van der Waals surface area contributed by atoms with Gasteiger partial charge in [-0.25, -0.2) is 0 Å². The Balaban J connectivity index is 2.07. The van der Waals surface area contributed by atoms with Crippen molar-refractivity contribution in [3.05, 3.63) is 23.8 Å². The Kier molecular flexibility index (Phi) is 4.29. The Morgan fingerprint density at radius 3 is 3.12 bits per heavy atom. The molecule has 1 aliphatic heterocycles. The van der Waals surface area contributed by atoms with E-state index in [1.54, 1.807) is 11.8 Å². The van der Waals surface area contributed by atoms with Gasteiger partial charge in [-0.2, -0.15) is 5.26 Å². The van der Waals surface area contributed by atoms with Crippen molar-refractivity contribution in [1.82, 2.24) is 0 Å². The minimum absolute atomic E-state index is 0.569. The van der Waals surface area contributed by atoms with E-state index in [1.807, 2.05) is 24.5 Å². The van der Waals surface area contributed by atoms with Crippen LogP contribution in [-0.4, -0.2) is 26.0 Å². The number of nitriles is 1. The fraction of sp³-hybridized carbons (Fsp3) is 0.462. The van der Waals surface area contributed by atoms with Gasteiger partial charge in [0.2, 0.25) is 0 Å². The van der Waals surface area contributed by atoms with E-state index in [-0.39, 0.29) is 0 Å². The monoisotopic (exact) mass is 248 g/mol. The summed E-state index contributed by atoms with van der Waals surface area (Å²) in [6.07, 6.45) is 3.10. The third kappa shape index (κ3) is 2.93. The minimum Gasteiger partial charge on any atom is -0.384 e. The molecule has 0 aromatic heterocycles. The summed E-state index contributed by atoms with van der Waals surface area (Å²) in [6.45, 7) is 2.58. The van der Waals surface area contributed by atoms with Crippen LogP contribution < -0.4 is 5.32 Å². The number of thioether (sulfide) groups is 1. The van der Waals surface area contributed by atoms with Crippen LogP contribution in [0.3, 0.4) is 0 Å². The lowest BCUT2D eigenvalue weighted by atomic mass is 10.1. The molecule has 0 aliphatic carbocycles. The van der Waals surface area contributed by atoms with Crippen molar-refractivity contribution in [3.8, 4) is 6.07 Å². The van der Waals surface area contributed by atoms with Crippen LogP contribution in [0.4, 0.5) is 5.69 Å². The molecule has 0 radical (unpaired) electrons. The molecule has 1 saturated heterocycles. The zero-order valence-corrected chi connectivity index (χ0v) is 10.7. The first-order valence-corrected chi connectivity index (χ1v) is 6.96. The molecule has 1 N–H and O–H groups in total. The predicted octanol–water partition coefficient (Wildman–Crippen LogP) is 2.73. The summed E-state index contributed by atoms with van der Waals surface area (Å²) < 4.78 is 5.34. The second-order valence-electron chi connectivity index (χ2n) is 4.11. The van der Waals surface area contributed by atoms with Gasteiger partial charge in [0, 0.05) is 24.0 Å². The number of anilines is 1. The first-order valence-electron chi connectivity index (χ1n) is 5.74. The fourth-order valence-electron chi connectivity index (χ4n) is 1.96. The molecule has 1 unspecified atom stereocenters. The van der Waals surface area contributed by atoms with Gasteiger partial charge >= 0.3 is 0 Å². The van der Waals surface area contributed by atoms with Crippen LogP contribution in [0.1, 0.15) is 12.0 Å².